The number of alkyl halides is 3. The Hall–Kier alpha value is -2.83. The van der Waals surface area contributed by atoms with Gasteiger partial charge in [-0.3, -0.25) is 9.59 Å². The van der Waals surface area contributed by atoms with Crippen molar-refractivity contribution in [2.45, 2.75) is 38.5 Å². The molecule has 8 nitrogen and oxygen atoms in total. The SMILES string of the molecule is C=C1CC(OC)CC/C(C(=O)NC)=C(/NC(=O)/C(=C/C)N(/N=C/C(F)(F)F)c2ncccc2Cl)S1. The van der Waals surface area contributed by atoms with Gasteiger partial charge >= 0.3 is 6.18 Å². The molecule has 0 spiro atoms. The predicted octanol–water partition coefficient (Wildman–Crippen LogP) is 4.51. The summed E-state index contributed by atoms with van der Waals surface area (Å²) in [5.74, 6) is -1.43. The largest absolute Gasteiger partial charge is 0.428 e. The number of carbonyl (C=O) groups is 2. The fraction of sp³-hybridized carbons (Fsp3) is 0.364. The van der Waals surface area contributed by atoms with E-state index in [0.29, 0.717) is 29.2 Å². The average molecular weight is 532 g/mol. The number of nitrogens with one attached hydrogen (secondary N) is 2. The van der Waals surface area contributed by atoms with Crippen LogP contribution in [0.25, 0.3) is 0 Å². The van der Waals surface area contributed by atoms with Crippen LogP contribution in [0.3, 0.4) is 0 Å². The molecule has 2 rings (SSSR count). The standard InChI is InChI=1S/C22H25ClF3N5O3S/c1-5-17(31(29-12-22(24,25)26)18-16(23)7-6-10-28-18)20(33)30-21-15(19(32)27-3)9-8-14(34-4)11-13(2)35-21/h5-7,10,12,14H,2,8-9,11H2,1,3-4H3,(H,27,32)(H,30,33)/b17-5-,21-15+,29-12+. The molecular weight excluding hydrogens is 507 g/mol. The molecule has 0 radical (unpaired) electrons. The zero-order chi connectivity index (χ0) is 26.2. The Morgan fingerprint density at radius 2 is 2.14 bits per heavy atom. The first-order chi connectivity index (χ1) is 16.5. The Bertz CT molecular complexity index is 1060. The normalized spacial score (nSPS) is 19.8. The first kappa shape index (κ1) is 28.4. The Balaban J connectivity index is 2.49. The number of amides is 2. The van der Waals surface area contributed by atoms with E-state index in [4.69, 9.17) is 16.3 Å². The number of nitrogens with zero attached hydrogens (tertiary/aromatic N) is 3. The molecule has 1 aromatic rings. The van der Waals surface area contributed by atoms with Gasteiger partial charge < -0.3 is 15.4 Å². The first-order valence-corrected chi connectivity index (χ1v) is 11.5. The third-order valence-electron chi connectivity index (χ3n) is 4.75. The highest BCUT2D eigenvalue weighted by Gasteiger charge is 2.29. The number of allylic oxidation sites excluding steroid dienone is 1. The van der Waals surface area contributed by atoms with Crippen LogP contribution in [0.15, 0.2) is 57.3 Å². The Labute approximate surface area is 210 Å². The van der Waals surface area contributed by atoms with E-state index in [0.717, 1.165) is 11.8 Å². The van der Waals surface area contributed by atoms with E-state index >= 15 is 0 Å². The fourth-order valence-electron chi connectivity index (χ4n) is 3.10. The highest BCUT2D eigenvalue weighted by Crippen LogP contribution is 2.35. The smallest absolute Gasteiger partial charge is 0.381 e. The monoisotopic (exact) mass is 531 g/mol. The summed E-state index contributed by atoms with van der Waals surface area (Å²) in [4.78, 5) is 30.5. The number of hydrogen-bond donors (Lipinski definition) is 2. The van der Waals surface area contributed by atoms with Crippen LogP contribution in [0, 0.1) is 0 Å². The summed E-state index contributed by atoms with van der Waals surface area (Å²) >= 11 is 7.21. The number of hydrazone groups is 1. The molecule has 1 aromatic heterocycles. The van der Waals surface area contributed by atoms with Gasteiger partial charge in [-0.2, -0.15) is 18.3 Å². The molecular formula is C22H25ClF3N5O3S. The second kappa shape index (κ2) is 12.8. The molecule has 1 aliphatic rings. The van der Waals surface area contributed by atoms with E-state index < -0.39 is 18.0 Å². The van der Waals surface area contributed by atoms with Gasteiger partial charge in [0.2, 0.25) is 5.91 Å². The van der Waals surface area contributed by atoms with Crippen LogP contribution in [0.4, 0.5) is 19.0 Å². The van der Waals surface area contributed by atoms with E-state index in [1.807, 2.05) is 0 Å². The molecule has 13 heteroatoms. The lowest BCUT2D eigenvalue weighted by Crippen LogP contribution is -2.35. The highest BCUT2D eigenvalue weighted by molar-refractivity contribution is 8.06. The second-order valence-corrected chi connectivity index (χ2v) is 8.76. The topological polar surface area (TPSA) is 95.9 Å². The number of likely N-dealkylation sites (N-methyl/N-ethyl adjacent to an activating group) is 1. The maximum Gasteiger partial charge on any atom is 0.428 e. The number of rotatable bonds is 7. The van der Waals surface area contributed by atoms with Crippen LogP contribution in [-0.2, 0) is 14.3 Å². The van der Waals surface area contributed by atoms with Gasteiger partial charge in [-0.15, -0.1) is 0 Å². The van der Waals surface area contributed by atoms with Gasteiger partial charge in [0.05, 0.1) is 16.2 Å². The predicted molar refractivity (Wildman–Crippen MR) is 131 cm³/mol. The van der Waals surface area contributed by atoms with Crippen molar-refractivity contribution in [2.75, 3.05) is 19.2 Å². The van der Waals surface area contributed by atoms with Gasteiger partial charge in [-0.25, -0.2) is 9.99 Å². The summed E-state index contributed by atoms with van der Waals surface area (Å²) in [5, 5.41) is 9.47. The molecule has 0 bridgehead atoms. The lowest BCUT2D eigenvalue weighted by Gasteiger charge is -2.25. The molecule has 35 heavy (non-hydrogen) atoms. The van der Waals surface area contributed by atoms with Gasteiger partial charge in [-0.1, -0.05) is 36.0 Å². The van der Waals surface area contributed by atoms with Crippen LogP contribution in [-0.4, -0.2) is 49.5 Å². The highest BCUT2D eigenvalue weighted by atomic mass is 35.5. The minimum absolute atomic E-state index is 0.0245. The van der Waals surface area contributed by atoms with E-state index in [-0.39, 0.29) is 39.5 Å². The van der Waals surface area contributed by atoms with E-state index in [9.17, 15) is 22.8 Å². The number of carbonyl (C=O) groups excluding carboxylic acids is 2. The number of pyridine rings is 1. The van der Waals surface area contributed by atoms with Crippen molar-refractivity contribution in [3.8, 4) is 0 Å². The third-order valence-corrected chi connectivity index (χ3v) is 6.05. The molecule has 0 fully saturated rings. The van der Waals surface area contributed by atoms with Crippen LogP contribution in [0.5, 0.6) is 0 Å². The maximum atomic E-state index is 13.3. The van der Waals surface area contributed by atoms with Crippen molar-refractivity contribution in [2.24, 2.45) is 5.10 Å². The Kier molecular flexibility index (Phi) is 10.3. The Morgan fingerprint density at radius 3 is 2.71 bits per heavy atom. The summed E-state index contributed by atoms with van der Waals surface area (Å²) < 4.78 is 44.2. The number of anilines is 1. The minimum Gasteiger partial charge on any atom is -0.381 e. The molecule has 1 atom stereocenters. The number of halogens is 4. The lowest BCUT2D eigenvalue weighted by molar-refractivity contribution is -0.117. The Morgan fingerprint density at radius 1 is 1.43 bits per heavy atom. The summed E-state index contributed by atoms with van der Waals surface area (Å²) in [7, 11) is 3.02. The van der Waals surface area contributed by atoms with Crippen LogP contribution in [0.1, 0.15) is 26.2 Å². The van der Waals surface area contributed by atoms with E-state index in [1.54, 1.807) is 7.11 Å². The quantitative estimate of drug-likeness (QED) is 0.305. The molecule has 2 heterocycles. The maximum absolute atomic E-state index is 13.3. The second-order valence-electron chi connectivity index (χ2n) is 7.16. The minimum atomic E-state index is -4.76. The number of methoxy groups -OCH3 is 1. The fourth-order valence-corrected chi connectivity index (χ4v) is 4.32. The van der Waals surface area contributed by atoms with Gasteiger partial charge in [0.15, 0.2) is 5.82 Å². The van der Waals surface area contributed by atoms with Crippen LogP contribution >= 0.6 is 23.4 Å². The molecule has 2 amide bonds. The molecule has 0 aliphatic carbocycles. The first-order valence-electron chi connectivity index (χ1n) is 10.3. The van der Waals surface area contributed by atoms with Crippen molar-refractivity contribution < 1.29 is 27.5 Å². The number of ether oxygens (including phenoxy) is 1. The molecule has 1 aliphatic heterocycles. The molecule has 1 unspecified atom stereocenters. The summed E-state index contributed by atoms with van der Waals surface area (Å²) in [6.45, 7) is 5.42. The molecule has 190 valence electrons. The van der Waals surface area contributed by atoms with Crippen molar-refractivity contribution >= 4 is 47.2 Å². The summed E-state index contributed by atoms with van der Waals surface area (Å²) in [6.07, 6.45) is -1.34. The molecule has 0 saturated carbocycles. The average Bonchev–Trinajstić information content (AvgIpc) is 2.79. The zero-order valence-corrected chi connectivity index (χ0v) is 20.9. The van der Waals surface area contributed by atoms with E-state index in [2.05, 4.69) is 27.3 Å². The van der Waals surface area contributed by atoms with Crippen molar-refractivity contribution in [3.63, 3.8) is 0 Å². The summed E-state index contributed by atoms with van der Waals surface area (Å²) in [5.41, 5.74) is -0.0108. The van der Waals surface area contributed by atoms with Gasteiger partial charge in [0.1, 0.15) is 11.9 Å². The van der Waals surface area contributed by atoms with Gasteiger partial charge in [-0.05, 0) is 36.8 Å². The van der Waals surface area contributed by atoms with Crippen LogP contribution < -0.4 is 15.6 Å². The molecule has 2 N–H and O–H groups in total. The number of hydrogen-bond acceptors (Lipinski definition) is 7. The lowest BCUT2D eigenvalue weighted by atomic mass is 10.0. The number of aromatic nitrogens is 1. The van der Waals surface area contributed by atoms with Gasteiger partial charge in [0, 0.05) is 32.3 Å². The van der Waals surface area contributed by atoms with Crippen molar-refractivity contribution in [3.05, 3.63) is 57.2 Å². The van der Waals surface area contributed by atoms with Crippen molar-refractivity contribution in [1.29, 1.82) is 0 Å². The zero-order valence-electron chi connectivity index (χ0n) is 19.3. The van der Waals surface area contributed by atoms with Crippen molar-refractivity contribution in [1.82, 2.24) is 15.6 Å². The van der Waals surface area contributed by atoms with Crippen LogP contribution in [0.2, 0.25) is 5.02 Å². The molecule has 0 aromatic carbocycles. The van der Waals surface area contributed by atoms with E-state index in [1.165, 1.54) is 38.4 Å². The third kappa shape index (κ3) is 8.11. The van der Waals surface area contributed by atoms with Gasteiger partial charge in [0.25, 0.3) is 5.91 Å². The molecule has 0 saturated heterocycles. The summed E-state index contributed by atoms with van der Waals surface area (Å²) in [6, 6.07) is 2.88. The number of thioether (sulfide) groups is 1.